The summed E-state index contributed by atoms with van der Waals surface area (Å²) in [5.74, 6) is -0.775. The Morgan fingerprint density at radius 2 is 2.38 bits per heavy atom. The van der Waals surface area contributed by atoms with Gasteiger partial charge in [0, 0.05) is 6.61 Å². The fourth-order valence-corrected chi connectivity index (χ4v) is 3.18. The average Bonchev–Trinajstić information content (AvgIpc) is 3.22. The number of amides is 1. The maximum absolute atomic E-state index is 13.6. The summed E-state index contributed by atoms with van der Waals surface area (Å²) in [6, 6.07) is 6.06. The molecule has 0 bridgehead atoms. The third kappa shape index (κ3) is 4.09. The smallest absolute Gasteiger partial charge is 0.237 e. The van der Waals surface area contributed by atoms with Crippen LogP contribution in [0.1, 0.15) is 19.8 Å². The molecule has 0 spiro atoms. The first-order chi connectivity index (χ1) is 11.6. The summed E-state index contributed by atoms with van der Waals surface area (Å²) in [7, 11) is 0. The van der Waals surface area contributed by atoms with Crippen LogP contribution >= 0.6 is 11.8 Å². The van der Waals surface area contributed by atoms with Crippen molar-refractivity contribution in [2.45, 2.75) is 42.8 Å². The monoisotopic (exact) mass is 351 g/mol. The molecule has 128 valence electrons. The summed E-state index contributed by atoms with van der Waals surface area (Å²) < 4.78 is 20.8. The van der Waals surface area contributed by atoms with E-state index in [1.807, 2.05) is 0 Å². The van der Waals surface area contributed by atoms with Gasteiger partial charge in [0.1, 0.15) is 5.82 Å². The van der Waals surface area contributed by atoms with Crippen LogP contribution in [-0.2, 0) is 16.1 Å². The molecule has 7 nitrogen and oxygen atoms in total. The first-order valence-corrected chi connectivity index (χ1v) is 8.61. The summed E-state index contributed by atoms with van der Waals surface area (Å²) in [6.45, 7) is 3.06. The Hall–Kier alpha value is -2.00. The van der Waals surface area contributed by atoms with Gasteiger partial charge in [0.15, 0.2) is 0 Å². The van der Waals surface area contributed by atoms with Crippen molar-refractivity contribution in [3.8, 4) is 0 Å². The molecule has 1 fully saturated rings. The van der Waals surface area contributed by atoms with Crippen molar-refractivity contribution < 1.29 is 13.9 Å². The number of carbonyl (C=O) groups excluding carboxylic acids is 1. The number of aromatic nitrogens is 4. The number of hydrogen-bond donors (Lipinski definition) is 1. The van der Waals surface area contributed by atoms with E-state index in [-0.39, 0.29) is 17.7 Å². The van der Waals surface area contributed by atoms with Gasteiger partial charge in [-0.3, -0.25) is 4.79 Å². The lowest BCUT2D eigenvalue weighted by molar-refractivity contribution is -0.115. The minimum atomic E-state index is -0.473. The summed E-state index contributed by atoms with van der Waals surface area (Å²) in [5.41, 5.74) is 0.161. The molecule has 2 atom stereocenters. The van der Waals surface area contributed by atoms with Gasteiger partial charge in [0.25, 0.3) is 0 Å². The molecule has 1 aromatic carbocycles. The Morgan fingerprint density at radius 3 is 3.12 bits per heavy atom. The van der Waals surface area contributed by atoms with E-state index in [1.165, 1.54) is 23.9 Å². The van der Waals surface area contributed by atoms with Crippen LogP contribution in [-0.4, -0.2) is 44.1 Å². The second-order valence-corrected chi connectivity index (χ2v) is 6.82. The number of tetrazole rings is 1. The molecule has 1 aliphatic heterocycles. The summed E-state index contributed by atoms with van der Waals surface area (Å²) in [6.07, 6.45) is 2.12. The molecule has 1 N–H and O–H groups in total. The Labute approximate surface area is 142 Å². The highest BCUT2D eigenvalue weighted by atomic mass is 32.2. The van der Waals surface area contributed by atoms with E-state index in [0.717, 1.165) is 19.4 Å². The Balaban J connectivity index is 1.60. The fourth-order valence-electron chi connectivity index (χ4n) is 2.39. The predicted octanol–water partition coefficient (Wildman–Crippen LogP) is 2.11. The van der Waals surface area contributed by atoms with Crippen molar-refractivity contribution in [1.29, 1.82) is 0 Å². The fraction of sp³-hybridized carbons (Fsp3) is 0.467. The van der Waals surface area contributed by atoms with E-state index in [1.54, 1.807) is 23.7 Å². The lowest BCUT2D eigenvalue weighted by Gasteiger charge is -2.13. The molecule has 2 heterocycles. The number of thioether (sulfide) groups is 1. The van der Waals surface area contributed by atoms with Crippen molar-refractivity contribution in [3.05, 3.63) is 30.1 Å². The van der Waals surface area contributed by atoms with Crippen LogP contribution in [0.4, 0.5) is 10.1 Å². The van der Waals surface area contributed by atoms with Gasteiger partial charge in [-0.1, -0.05) is 23.9 Å². The maximum Gasteiger partial charge on any atom is 0.237 e. The number of anilines is 1. The molecule has 3 rings (SSSR count). The Bertz CT molecular complexity index is 705. The van der Waals surface area contributed by atoms with E-state index in [2.05, 4.69) is 20.8 Å². The maximum atomic E-state index is 13.6. The second kappa shape index (κ2) is 7.71. The van der Waals surface area contributed by atoms with Gasteiger partial charge in [-0.15, -0.1) is 5.10 Å². The lowest BCUT2D eigenvalue weighted by Crippen LogP contribution is -2.24. The molecule has 2 aromatic rings. The number of hydrogen-bond acceptors (Lipinski definition) is 6. The molecular formula is C15H18FN5O2S. The van der Waals surface area contributed by atoms with Crippen LogP contribution in [0, 0.1) is 5.82 Å². The summed E-state index contributed by atoms with van der Waals surface area (Å²) >= 11 is 1.23. The highest BCUT2D eigenvalue weighted by Gasteiger charge is 2.22. The molecule has 1 aliphatic rings. The lowest BCUT2D eigenvalue weighted by atomic mass is 10.2. The predicted molar refractivity (Wildman–Crippen MR) is 87.1 cm³/mol. The Morgan fingerprint density at radius 1 is 1.54 bits per heavy atom. The van der Waals surface area contributed by atoms with E-state index in [0.29, 0.717) is 11.7 Å². The van der Waals surface area contributed by atoms with Crippen LogP contribution in [0.3, 0.4) is 0 Å². The van der Waals surface area contributed by atoms with Crippen molar-refractivity contribution in [3.63, 3.8) is 0 Å². The van der Waals surface area contributed by atoms with Gasteiger partial charge in [-0.05, 0) is 42.3 Å². The van der Waals surface area contributed by atoms with Crippen LogP contribution in [0.15, 0.2) is 29.4 Å². The van der Waals surface area contributed by atoms with E-state index < -0.39 is 11.1 Å². The van der Waals surface area contributed by atoms with Gasteiger partial charge in [0.2, 0.25) is 11.1 Å². The topological polar surface area (TPSA) is 81.9 Å². The number of rotatable bonds is 6. The first-order valence-electron chi connectivity index (χ1n) is 7.73. The molecule has 9 heteroatoms. The van der Waals surface area contributed by atoms with E-state index in [4.69, 9.17) is 4.74 Å². The van der Waals surface area contributed by atoms with Gasteiger partial charge in [-0.25, -0.2) is 9.07 Å². The molecule has 0 aliphatic carbocycles. The SMILES string of the molecule is CC(Sc1nnnn1CC1CCCO1)C(=O)Nc1ccccc1F. The second-order valence-electron chi connectivity index (χ2n) is 5.51. The number of nitrogens with zero attached hydrogens (tertiary/aromatic N) is 4. The van der Waals surface area contributed by atoms with Crippen LogP contribution in [0.25, 0.3) is 0 Å². The largest absolute Gasteiger partial charge is 0.376 e. The van der Waals surface area contributed by atoms with Crippen molar-refractivity contribution in [2.75, 3.05) is 11.9 Å². The molecule has 1 aromatic heterocycles. The third-order valence-electron chi connectivity index (χ3n) is 3.68. The minimum Gasteiger partial charge on any atom is -0.376 e. The number of nitrogens with one attached hydrogen (secondary N) is 1. The number of halogens is 1. The summed E-state index contributed by atoms with van der Waals surface area (Å²) in [4.78, 5) is 12.2. The van der Waals surface area contributed by atoms with E-state index >= 15 is 0 Å². The molecule has 1 saturated heterocycles. The van der Waals surface area contributed by atoms with Gasteiger partial charge >= 0.3 is 0 Å². The van der Waals surface area contributed by atoms with Gasteiger partial charge in [-0.2, -0.15) is 0 Å². The zero-order valence-electron chi connectivity index (χ0n) is 13.2. The molecule has 24 heavy (non-hydrogen) atoms. The molecule has 1 amide bonds. The highest BCUT2D eigenvalue weighted by Crippen LogP contribution is 2.23. The minimum absolute atomic E-state index is 0.107. The zero-order valence-corrected chi connectivity index (χ0v) is 14.0. The van der Waals surface area contributed by atoms with Crippen LogP contribution in [0.2, 0.25) is 0 Å². The van der Waals surface area contributed by atoms with Crippen LogP contribution in [0.5, 0.6) is 0 Å². The normalized spacial score (nSPS) is 18.5. The van der Waals surface area contributed by atoms with Crippen molar-refractivity contribution in [2.24, 2.45) is 0 Å². The van der Waals surface area contributed by atoms with E-state index in [9.17, 15) is 9.18 Å². The molecular weight excluding hydrogens is 333 g/mol. The number of benzene rings is 1. The highest BCUT2D eigenvalue weighted by molar-refractivity contribution is 8.00. The summed E-state index contributed by atoms with van der Waals surface area (Å²) in [5, 5.41) is 14.2. The molecule has 0 saturated carbocycles. The third-order valence-corrected chi connectivity index (χ3v) is 4.75. The number of carbonyl (C=O) groups is 1. The van der Waals surface area contributed by atoms with Gasteiger partial charge < -0.3 is 10.1 Å². The van der Waals surface area contributed by atoms with Crippen LogP contribution < -0.4 is 5.32 Å². The molecule has 0 radical (unpaired) electrons. The average molecular weight is 351 g/mol. The Kier molecular flexibility index (Phi) is 5.41. The molecule has 2 unspecified atom stereocenters. The number of para-hydroxylation sites is 1. The van der Waals surface area contributed by atoms with Gasteiger partial charge in [0.05, 0.1) is 23.6 Å². The van der Waals surface area contributed by atoms with Crippen molar-refractivity contribution in [1.82, 2.24) is 20.2 Å². The standard InChI is InChI=1S/C15H18FN5O2S/c1-10(14(22)17-13-7-3-2-6-12(13)16)24-15-18-19-20-21(15)9-11-5-4-8-23-11/h2-3,6-7,10-11H,4-5,8-9H2,1H3,(H,17,22). The quantitative estimate of drug-likeness (QED) is 0.803. The zero-order chi connectivity index (χ0) is 16.9. The first kappa shape index (κ1) is 16.8. The number of ether oxygens (including phenoxy) is 1. The van der Waals surface area contributed by atoms with Crippen molar-refractivity contribution >= 4 is 23.4 Å².